The zero-order chi connectivity index (χ0) is 45.1. The second kappa shape index (κ2) is 16.1. The van der Waals surface area contributed by atoms with Crippen molar-refractivity contribution in [3.05, 3.63) is 155 Å². The van der Waals surface area contributed by atoms with Gasteiger partial charge in [-0.2, -0.15) is 5.01 Å². The average molecular weight is 870 g/mol. The van der Waals surface area contributed by atoms with Crippen molar-refractivity contribution < 1.29 is 51.7 Å². The number of methoxy groups -OCH3 is 2. The standard InChI is InChI=1S/C50H42F3N3O8/c1-28-9-15-32(16-10-28)54-56-46(59)40-27-38-36(44(49(40,48(56)61)31-7-5-4-6-8-31)39-26-35(19-23-41(39)57)64-50(51,52)53)21-22-37-43(38)47(60)55(45(37)58)33-17-12-29(13-18-33)11-14-30-25-34(62-2)20-24-42(30)63-3/h4-21,23-26,37-38,40,43-44,54,57H,22,27H2,1-3H3. The molecule has 11 nitrogen and oxygen atoms in total. The summed E-state index contributed by atoms with van der Waals surface area (Å²) in [5.41, 5.74) is 5.13. The number of phenols is 1. The van der Waals surface area contributed by atoms with Crippen LogP contribution in [0.4, 0.5) is 24.5 Å². The maximum atomic E-state index is 15.4. The number of benzene rings is 5. The number of hydrazine groups is 1. The van der Waals surface area contributed by atoms with Gasteiger partial charge in [0.1, 0.15) is 23.0 Å². The summed E-state index contributed by atoms with van der Waals surface area (Å²) in [7, 11) is 3.14. The molecular weight excluding hydrogens is 828 g/mol. The molecule has 5 aromatic carbocycles. The van der Waals surface area contributed by atoms with Crippen molar-refractivity contribution >= 4 is 47.2 Å². The maximum absolute atomic E-state index is 15.4. The number of aryl methyl sites for hydroxylation is 1. The van der Waals surface area contributed by atoms with Gasteiger partial charge in [-0.1, -0.05) is 84.0 Å². The number of fused-ring (bicyclic) bond motifs is 4. The fourth-order valence-corrected chi connectivity index (χ4v) is 10.2. The van der Waals surface area contributed by atoms with Gasteiger partial charge >= 0.3 is 6.36 Å². The van der Waals surface area contributed by atoms with Crippen molar-refractivity contribution in [2.24, 2.45) is 23.7 Å². The number of rotatable bonds is 10. The van der Waals surface area contributed by atoms with E-state index in [2.05, 4.69) is 10.2 Å². The fourth-order valence-electron chi connectivity index (χ4n) is 10.2. The molecule has 6 atom stereocenters. The Kier molecular flexibility index (Phi) is 10.5. The van der Waals surface area contributed by atoms with Crippen LogP contribution in [0.2, 0.25) is 0 Å². The first-order valence-electron chi connectivity index (χ1n) is 20.7. The van der Waals surface area contributed by atoms with Gasteiger partial charge in [-0.3, -0.25) is 29.5 Å². The van der Waals surface area contributed by atoms with E-state index in [0.717, 1.165) is 44.8 Å². The van der Waals surface area contributed by atoms with Gasteiger partial charge in [-0.05, 0) is 97.5 Å². The SMILES string of the molecule is COc1ccc(OC)c(C=Cc2ccc(N3C(=O)C4CC=C5C(CC6C(=O)N(Nc7ccc(C)cc7)C(=O)C6(c6ccccc6)C5c5cc(OC(F)(F)F)ccc5O)C4C3=O)cc2)c1. The summed E-state index contributed by atoms with van der Waals surface area (Å²) >= 11 is 0. The number of alkyl halides is 3. The maximum Gasteiger partial charge on any atom is 0.573 e. The number of anilines is 2. The number of aromatic hydroxyl groups is 1. The number of allylic oxidation sites excluding steroid dienone is 2. The number of hydrogen-bond acceptors (Lipinski definition) is 9. The third-order valence-electron chi connectivity index (χ3n) is 13.0. The minimum absolute atomic E-state index is 0.0553. The molecule has 2 aliphatic carbocycles. The largest absolute Gasteiger partial charge is 0.573 e. The Labute approximate surface area is 366 Å². The Hall–Kier alpha value is -7.35. The van der Waals surface area contributed by atoms with Crippen LogP contribution in [0.25, 0.3) is 12.2 Å². The van der Waals surface area contributed by atoms with Crippen molar-refractivity contribution in [3.63, 3.8) is 0 Å². The van der Waals surface area contributed by atoms with Crippen LogP contribution in [0.5, 0.6) is 23.0 Å². The van der Waals surface area contributed by atoms with Crippen LogP contribution in [-0.4, -0.2) is 54.3 Å². The Balaban J connectivity index is 1.13. The lowest BCUT2D eigenvalue weighted by Crippen LogP contribution is -2.53. The lowest BCUT2D eigenvalue weighted by atomic mass is 9.49. The van der Waals surface area contributed by atoms with Gasteiger partial charge in [0.15, 0.2) is 0 Å². The Morgan fingerprint density at radius 3 is 2.19 bits per heavy atom. The Morgan fingerprint density at radius 1 is 0.781 bits per heavy atom. The van der Waals surface area contributed by atoms with E-state index in [4.69, 9.17) is 9.47 Å². The number of nitrogens with zero attached hydrogens (tertiary/aromatic N) is 2. The van der Waals surface area contributed by atoms with Crippen molar-refractivity contribution in [2.45, 2.75) is 37.5 Å². The predicted octanol–water partition coefficient (Wildman–Crippen LogP) is 8.98. The highest BCUT2D eigenvalue weighted by molar-refractivity contribution is 6.22. The van der Waals surface area contributed by atoms with E-state index in [1.165, 1.54) is 0 Å². The first-order chi connectivity index (χ1) is 30.7. The molecule has 2 saturated heterocycles. The van der Waals surface area contributed by atoms with Crippen molar-refractivity contribution in [1.29, 1.82) is 0 Å². The minimum Gasteiger partial charge on any atom is -0.508 e. The molecule has 2 N–H and O–H groups in total. The average Bonchev–Trinajstić information content (AvgIpc) is 3.67. The molecule has 0 radical (unpaired) electrons. The quantitative estimate of drug-likeness (QED) is 0.0802. The number of imide groups is 2. The van der Waals surface area contributed by atoms with Crippen LogP contribution in [0.3, 0.4) is 0 Å². The molecule has 6 unspecified atom stereocenters. The number of carbonyl (C=O) groups is 4. The Bertz CT molecular complexity index is 2740. The number of carbonyl (C=O) groups excluding carboxylic acids is 4. The molecule has 14 heteroatoms. The van der Waals surface area contributed by atoms with Crippen LogP contribution in [0.15, 0.2) is 127 Å². The highest BCUT2D eigenvalue weighted by atomic mass is 19.4. The van der Waals surface area contributed by atoms with Crippen molar-refractivity contribution in [3.8, 4) is 23.0 Å². The third kappa shape index (κ3) is 7.02. The number of hydrogen-bond donors (Lipinski definition) is 2. The molecule has 0 aromatic heterocycles. The topological polar surface area (TPSA) is 135 Å². The van der Waals surface area contributed by atoms with E-state index in [0.29, 0.717) is 34.0 Å². The van der Waals surface area contributed by atoms with Gasteiger partial charge in [-0.25, -0.2) is 0 Å². The second-order valence-corrected chi connectivity index (χ2v) is 16.4. The lowest BCUT2D eigenvalue weighted by molar-refractivity contribution is -0.274. The van der Waals surface area contributed by atoms with Gasteiger partial charge in [0.05, 0.1) is 48.8 Å². The molecular formula is C50H42F3N3O8. The van der Waals surface area contributed by atoms with E-state index in [-0.39, 0.29) is 18.4 Å². The molecule has 9 rings (SSSR count). The summed E-state index contributed by atoms with van der Waals surface area (Å²) < 4.78 is 56.4. The van der Waals surface area contributed by atoms with E-state index < -0.39 is 76.5 Å². The minimum atomic E-state index is -5.09. The number of halogens is 3. The third-order valence-corrected chi connectivity index (χ3v) is 13.0. The van der Waals surface area contributed by atoms with Crippen LogP contribution in [0.1, 0.15) is 46.6 Å². The lowest BCUT2D eigenvalue weighted by Gasteiger charge is -2.50. The summed E-state index contributed by atoms with van der Waals surface area (Å²) in [6, 6.07) is 30.9. The molecule has 4 aliphatic rings. The predicted molar refractivity (Wildman–Crippen MR) is 231 cm³/mol. The second-order valence-electron chi connectivity index (χ2n) is 16.4. The van der Waals surface area contributed by atoms with Gasteiger partial charge in [0.25, 0.3) is 11.8 Å². The smallest absolute Gasteiger partial charge is 0.508 e. The summed E-state index contributed by atoms with van der Waals surface area (Å²) in [6.45, 7) is 1.89. The molecule has 3 fully saturated rings. The first-order valence-corrected chi connectivity index (χ1v) is 20.7. The normalized spacial score (nSPS) is 24.0. The summed E-state index contributed by atoms with van der Waals surface area (Å²) in [5, 5.41) is 12.6. The molecule has 1 saturated carbocycles. The van der Waals surface area contributed by atoms with E-state index >= 15 is 4.79 Å². The zero-order valence-corrected chi connectivity index (χ0v) is 34.8. The van der Waals surface area contributed by atoms with Crippen molar-refractivity contribution in [2.75, 3.05) is 24.5 Å². The molecule has 326 valence electrons. The van der Waals surface area contributed by atoms with Crippen LogP contribution < -0.4 is 24.5 Å². The highest BCUT2D eigenvalue weighted by Gasteiger charge is 2.70. The summed E-state index contributed by atoms with van der Waals surface area (Å²) in [6.07, 6.45) is 0.379. The molecule has 0 bridgehead atoms. The van der Waals surface area contributed by atoms with Gasteiger partial charge in [0.2, 0.25) is 11.8 Å². The molecule has 5 aromatic rings. The summed E-state index contributed by atoms with van der Waals surface area (Å²) in [4.78, 5) is 60.7. The molecule has 0 spiro atoms. The van der Waals surface area contributed by atoms with Crippen LogP contribution in [0, 0.1) is 30.6 Å². The van der Waals surface area contributed by atoms with E-state index in [9.17, 15) is 32.7 Å². The molecule has 2 heterocycles. The highest BCUT2D eigenvalue weighted by Crippen LogP contribution is 2.65. The van der Waals surface area contributed by atoms with Gasteiger partial charge in [-0.15, -0.1) is 13.2 Å². The first kappa shape index (κ1) is 42.0. The van der Waals surface area contributed by atoms with Crippen LogP contribution in [-0.2, 0) is 24.6 Å². The van der Waals surface area contributed by atoms with Gasteiger partial charge in [0, 0.05) is 17.0 Å². The molecule has 64 heavy (non-hydrogen) atoms. The number of phenolic OH excluding ortho intramolecular Hbond substituents is 1. The van der Waals surface area contributed by atoms with Gasteiger partial charge < -0.3 is 19.3 Å². The summed E-state index contributed by atoms with van der Waals surface area (Å²) in [5.74, 6) is -7.25. The van der Waals surface area contributed by atoms with E-state index in [1.54, 1.807) is 111 Å². The molecule has 4 amide bonds. The van der Waals surface area contributed by atoms with E-state index in [1.807, 2.05) is 25.1 Å². The number of amides is 4. The van der Waals surface area contributed by atoms with Crippen LogP contribution >= 0.6 is 0 Å². The Morgan fingerprint density at radius 2 is 1.50 bits per heavy atom. The molecule has 2 aliphatic heterocycles. The fraction of sp³-hybridized carbons (Fsp3) is 0.240. The van der Waals surface area contributed by atoms with Crippen molar-refractivity contribution in [1.82, 2.24) is 5.01 Å². The number of nitrogens with one attached hydrogen (secondary N) is 1. The monoisotopic (exact) mass is 869 g/mol. The zero-order valence-electron chi connectivity index (χ0n) is 34.8. The number of ether oxygens (including phenoxy) is 3.